The van der Waals surface area contributed by atoms with Crippen molar-refractivity contribution in [3.63, 3.8) is 0 Å². The molecule has 2 amide bonds. The van der Waals surface area contributed by atoms with E-state index in [1.165, 1.54) is 7.05 Å². The molecular formula is C11H18N2O5. The summed E-state index contributed by atoms with van der Waals surface area (Å²) in [7, 11) is 1.45. The van der Waals surface area contributed by atoms with Crippen LogP contribution in [0.4, 0.5) is 9.59 Å². The number of carbonyl (C=O) groups is 2. The van der Waals surface area contributed by atoms with Gasteiger partial charge in [-0.05, 0) is 25.0 Å². The summed E-state index contributed by atoms with van der Waals surface area (Å²) in [5, 5.41) is 12.0. The minimum Gasteiger partial charge on any atom is -0.442 e. The van der Waals surface area contributed by atoms with Crippen molar-refractivity contribution in [2.24, 2.45) is 5.73 Å². The number of hydrogen-bond acceptors (Lipinski definition) is 5. The highest BCUT2D eigenvalue weighted by Crippen LogP contribution is 2.17. The Balaban J connectivity index is 2.64. The number of hydrogen-bond donors (Lipinski definition) is 3. The number of carbonyl (C=O) groups excluding carboxylic acids is 2. The van der Waals surface area contributed by atoms with Crippen molar-refractivity contribution in [2.45, 2.75) is 37.6 Å². The molecule has 0 bridgehead atoms. The van der Waals surface area contributed by atoms with Gasteiger partial charge in [0.15, 0.2) is 0 Å². The molecule has 1 aliphatic rings. The smallest absolute Gasteiger partial charge is 0.407 e. The van der Waals surface area contributed by atoms with E-state index in [1.54, 1.807) is 12.2 Å². The number of ether oxygens (including phenoxy) is 2. The van der Waals surface area contributed by atoms with Crippen molar-refractivity contribution in [1.82, 2.24) is 5.32 Å². The van der Waals surface area contributed by atoms with Crippen molar-refractivity contribution < 1.29 is 24.2 Å². The average Bonchev–Trinajstić information content (AvgIpc) is 2.29. The Bertz CT molecular complexity index is 331. The van der Waals surface area contributed by atoms with Crippen molar-refractivity contribution in [3.8, 4) is 0 Å². The van der Waals surface area contributed by atoms with Crippen LogP contribution in [-0.2, 0) is 9.47 Å². The number of nitrogens with two attached hydrogens (primary N) is 1. The zero-order valence-electron chi connectivity index (χ0n) is 10.2. The van der Waals surface area contributed by atoms with Crippen LogP contribution in [0, 0.1) is 0 Å². The van der Waals surface area contributed by atoms with E-state index in [4.69, 9.17) is 15.2 Å². The van der Waals surface area contributed by atoms with Gasteiger partial charge in [0.1, 0.15) is 12.2 Å². The Morgan fingerprint density at radius 2 is 1.94 bits per heavy atom. The molecule has 0 aromatic carbocycles. The van der Waals surface area contributed by atoms with Crippen molar-refractivity contribution in [2.75, 3.05) is 7.05 Å². The highest BCUT2D eigenvalue weighted by Gasteiger charge is 2.21. The second-order valence-corrected chi connectivity index (χ2v) is 4.02. The second kappa shape index (κ2) is 6.85. The maximum atomic E-state index is 11.1. The van der Waals surface area contributed by atoms with Gasteiger partial charge in [-0.3, -0.25) is 0 Å². The average molecular weight is 258 g/mol. The third kappa shape index (κ3) is 5.05. The van der Waals surface area contributed by atoms with Crippen LogP contribution in [0.3, 0.4) is 0 Å². The second-order valence-electron chi connectivity index (χ2n) is 4.02. The Labute approximate surface area is 105 Å². The number of primary amides is 1. The molecule has 1 aliphatic carbocycles. The SMILES string of the molecule is CNC(=O)OC1/C=C/C(OC(N)=O)CCC(O)C1. The van der Waals surface area contributed by atoms with Gasteiger partial charge in [-0.25, -0.2) is 9.59 Å². The molecule has 7 nitrogen and oxygen atoms in total. The third-order valence-electron chi connectivity index (χ3n) is 2.56. The first kappa shape index (κ1) is 14.3. The van der Waals surface area contributed by atoms with E-state index < -0.39 is 30.5 Å². The van der Waals surface area contributed by atoms with Crippen molar-refractivity contribution >= 4 is 12.2 Å². The molecule has 3 unspecified atom stereocenters. The quantitative estimate of drug-likeness (QED) is 0.616. The highest BCUT2D eigenvalue weighted by atomic mass is 16.6. The maximum absolute atomic E-state index is 11.1. The topological polar surface area (TPSA) is 111 Å². The van der Waals surface area contributed by atoms with Crippen LogP contribution >= 0.6 is 0 Å². The van der Waals surface area contributed by atoms with Crippen LogP contribution in [0.15, 0.2) is 12.2 Å². The molecule has 0 heterocycles. The molecule has 1 rings (SSSR count). The third-order valence-corrected chi connectivity index (χ3v) is 2.56. The molecule has 0 spiro atoms. The summed E-state index contributed by atoms with van der Waals surface area (Å²) < 4.78 is 9.87. The fourth-order valence-electron chi connectivity index (χ4n) is 1.70. The fourth-order valence-corrected chi connectivity index (χ4v) is 1.70. The molecule has 0 fully saturated rings. The minimum atomic E-state index is -0.872. The highest BCUT2D eigenvalue weighted by molar-refractivity contribution is 5.67. The van der Waals surface area contributed by atoms with Crippen LogP contribution in [0.5, 0.6) is 0 Å². The summed E-state index contributed by atoms with van der Waals surface area (Å²) in [6.45, 7) is 0. The predicted octanol–water partition coefficient (Wildman–Crippen LogP) is 0.276. The van der Waals surface area contributed by atoms with Crippen LogP contribution in [0.1, 0.15) is 19.3 Å². The zero-order chi connectivity index (χ0) is 13.5. The maximum Gasteiger partial charge on any atom is 0.407 e. The lowest BCUT2D eigenvalue weighted by Gasteiger charge is -2.23. The van der Waals surface area contributed by atoms with E-state index in [0.717, 1.165) is 0 Å². The van der Waals surface area contributed by atoms with E-state index in [1.807, 2.05) is 0 Å². The molecule has 7 heteroatoms. The van der Waals surface area contributed by atoms with Gasteiger partial charge >= 0.3 is 12.2 Å². The Kier molecular flexibility index (Phi) is 5.44. The lowest BCUT2D eigenvalue weighted by Crippen LogP contribution is -2.30. The molecule has 102 valence electrons. The number of aliphatic hydroxyl groups excluding tert-OH is 1. The van der Waals surface area contributed by atoms with Gasteiger partial charge in [0, 0.05) is 13.5 Å². The van der Waals surface area contributed by atoms with E-state index in [-0.39, 0.29) is 0 Å². The summed E-state index contributed by atoms with van der Waals surface area (Å²) >= 11 is 0. The summed E-state index contributed by atoms with van der Waals surface area (Å²) in [6, 6.07) is 0. The summed E-state index contributed by atoms with van der Waals surface area (Å²) in [5.74, 6) is 0. The molecule has 3 atom stereocenters. The number of rotatable bonds is 2. The number of aliphatic hydroxyl groups is 1. The monoisotopic (exact) mass is 258 g/mol. The summed E-state index contributed by atoms with van der Waals surface area (Å²) in [6.07, 6.45) is 1.30. The van der Waals surface area contributed by atoms with Crippen LogP contribution in [0.2, 0.25) is 0 Å². The van der Waals surface area contributed by atoms with E-state index >= 15 is 0 Å². The minimum absolute atomic E-state index is 0.313. The summed E-state index contributed by atoms with van der Waals surface area (Å²) in [4.78, 5) is 21.8. The molecule has 0 aromatic heterocycles. The molecule has 0 saturated heterocycles. The molecule has 0 radical (unpaired) electrons. The molecule has 18 heavy (non-hydrogen) atoms. The number of nitrogens with one attached hydrogen (secondary N) is 1. The van der Waals surface area contributed by atoms with Gasteiger partial charge in [-0.1, -0.05) is 0 Å². The Morgan fingerprint density at radius 1 is 1.28 bits per heavy atom. The van der Waals surface area contributed by atoms with Gasteiger partial charge < -0.3 is 25.6 Å². The molecule has 0 aromatic rings. The van der Waals surface area contributed by atoms with Crippen molar-refractivity contribution in [1.29, 1.82) is 0 Å². The van der Waals surface area contributed by atoms with Crippen LogP contribution in [-0.4, -0.2) is 42.7 Å². The standard InChI is InChI=1S/C11H18N2O5/c1-13-11(16)18-9-5-4-8(17-10(12)15)3-2-7(14)6-9/h4-5,7-9,14H,2-3,6H2,1H3,(H2,12,15)(H,13,16)/b5-4+. The van der Waals surface area contributed by atoms with E-state index in [2.05, 4.69) is 5.32 Å². The first-order chi connectivity index (χ1) is 8.51. The lowest BCUT2D eigenvalue weighted by molar-refractivity contribution is 0.0561. The van der Waals surface area contributed by atoms with E-state index in [0.29, 0.717) is 19.3 Å². The molecule has 0 saturated carbocycles. The summed E-state index contributed by atoms with van der Waals surface area (Å²) in [5.41, 5.74) is 4.93. The normalized spacial score (nSPS) is 29.6. The first-order valence-electron chi connectivity index (χ1n) is 5.72. The van der Waals surface area contributed by atoms with Gasteiger partial charge in [-0.15, -0.1) is 0 Å². The number of alkyl carbamates (subject to hydrolysis) is 1. The van der Waals surface area contributed by atoms with E-state index in [9.17, 15) is 14.7 Å². The lowest BCUT2D eigenvalue weighted by atomic mass is 10.00. The van der Waals surface area contributed by atoms with Gasteiger partial charge in [-0.2, -0.15) is 0 Å². The number of amides is 2. The Morgan fingerprint density at radius 3 is 2.56 bits per heavy atom. The fraction of sp³-hybridized carbons (Fsp3) is 0.636. The first-order valence-corrected chi connectivity index (χ1v) is 5.72. The largest absolute Gasteiger partial charge is 0.442 e. The van der Waals surface area contributed by atoms with Crippen LogP contribution < -0.4 is 11.1 Å². The predicted molar refractivity (Wildman–Crippen MR) is 62.8 cm³/mol. The van der Waals surface area contributed by atoms with Gasteiger partial charge in [0.25, 0.3) is 0 Å². The van der Waals surface area contributed by atoms with Crippen molar-refractivity contribution in [3.05, 3.63) is 12.2 Å². The van der Waals surface area contributed by atoms with Gasteiger partial charge in [0.2, 0.25) is 0 Å². The van der Waals surface area contributed by atoms with Gasteiger partial charge in [0.05, 0.1) is 6.10 Å². The zero-order valence-corrected chi connectivity index (χ0v) is 10.2. The van der Waals surface area contributed by atoms with Crippen LogP contribution in [0.25, 0.3) is 0 Å². The molecule has 0 aliphatic heterocycles. The molecular weight excluding hydrogens is 240 g/mol. The Hall–Kier alpha value is -1.76. The molecule has 4 N–H and O–H groups in total.